The number of benzene rings is 4. The lowest BCUT2D eigenvalue weighted by molar-refractivity contribution is 1.04. The Morgan fingerprint density at radius 3 is 1.31 bits per heavy atom. The third-order valence-corrected chi connectivity index (χ3v) is 6.88. The molecule has 4 aromatic carbocycles. The van der Waals surface area contributed by atoms with Gasteiger partial charge in [0.2, 0.25) is 0 Å². The largest absolute Gasteiger partial charge is 0.306 e. The molecule has 0 fully saturated rings. The summed E-state index contributed by atoms with van der Waals surface area (Å²) in [7, 11) is 0. The Hall–Kier alpha value is -5.39. The summed E-state index contributed by atoms with van der Waals surface area (Å²) < 4.78 is 4.02. The van der Waals surface area contributed by atoms with E-state index in [1.54, 1.807) is 6.20 Å². The molecular weight excluding hydrogens is 442 g/mol. The Balaban J connectivity index is 1.60. The second-order valence-corrected chi connectivity index (χ2v) is 8.68. The van der Waals surface area contributed by atoms with Crippen molar-refractivity contribution in [3.63, 3.8) is 0 Å². The summed E-state index contributed by atoms with van der Waals surface area (Å²) in [6.07, 6.45) is 1.72. The maximum Gasteiger partial charge on any atom is 0.157 e. The molecule has 0 aliphatic heterocycles. The minimum absolute atomic E-state index is 0.253. The summed E-state index contributed by atoms with van der Waals surface area (Å²) in [4.78, 5) is 4.84. The number of hydrogen-bond donors (Lipinski definition) is 0. The number of para-hydroxylation sites is 4. The van der Waals surface area contributed by atoms with Crippen molar-refractivity contribution < 1.29 is 0 Å². The van der Waals surface area contributed by atoms with Gasteiger partial charge in [0.15, 0.2) is 5.82 Å². The first-order valence-electron chi connectivity index (χ1n) is 11.6. The molecule has 0 unspecified atom stereocenters. The highest BCUT2D eigenvalue weighted by Crippen LogP contribution is 2.36. The molecule has 0 saturated carbocycles. The molecular formula is C31H17N5. The van der Waals surface area contributed by atoms with Crippen molar-refractivity contribution in [2.45, 2.75) is 0 Å². The SMILES string of the molecule is N#Cc1c(-n2c3ccccc3c3ccccc32)cnc(-n2c3ccccc3c3ccccc32)c1C#N. The molecule has 0 amide bonds. The van der Waals surface area contributed by atoms with Crippen molar-refractivity contribution in [3.05, 3.63) is 114 Å². The van der Waals surface area contributed by atoms with Crippen LogP contribution in [0.2, 0.25) is 0 Å². The van der Waals surface area contributed by atoms with Gasteiger partial charge in [-0.3, -0.25) is 4.57 Å². The Bertz CT molecular complexity index is 1820. The van der Waals surface area contributed by atoms with Crippen LogP contribution < -0.4 is 0 Å². The number of nitriles is 2. The van der Waals surface area contributed by atoms with Gasteiger partial charge in [-0.2, -0.15) is 10.5 Å². The number of nitrogens with zero attached hydrogens (tertiary/aromatic N) is 5. The fourth-order valence-electron chi connectivity index (χ4n) is 5.38. The van der Waals surface area contributed by atoms with Crippen molar-refractivity contribution >= 4 is 43.6 Å². The van der Waals surface area contributed by atoms with E-state index < -0.39 is 0 Å². The van der Waals surface area contributed by atoms with E-state index in [1.807, 2.05) is 81.9 Å². The maximum atomic E-state index is 10.4. The summed E-state index contributed by atoms with van der Waals surface area (Å²) in [5, 5.41) is 25.0. The van der Waals surface area contributed by atoms with Crippen LogP contribution in [0.3, 0.4) is 0 Å². The number of rotatable bonds is 2. The molecule has 0 bridgehead atoms. The number of pyridine rings is 1. The van der Waals surface area contributed by atoms with Crippen LogP contribution in [-0.4, -0.2) is 14.1 Å². The predicted molar refractivity (Wildman–Crippen MR) is 142 cm³/mol. The van der Waals surface area contributed by atoms with Gasteiger partial charge >= 0.3 is 0 Å². The fourth-order valence-corrected chi connectivity index (χ4v) is 5.38. The molecule has 7 rings (SSSR count). The molecule has 5 heteroatoms. The molecule has 166 valence electrons. The first-order chi connectivity index (χ1) is 17.8. The smallest absolute Gasteiger partial charge is 0.157 e. The second kappa shape index (κ2) is 7.56. The minimum atomic E-state index is 0.253. The van der Waals surface area contributed by atoms with E-state index in [-0.39, 0.29) is 5.56 Å². The Morgan fingerprint density at radius 1 is 0.500 bits per heavy atom. The standard InChI is InChI=1S/C31H17N5/c32-17-24-25(18-33)31(36-28-15-7-3-11-22(28)23-12-4-8-16-29(23)36)34-19-30(24)35-26-13-5-1-9-20(26)21-10-2-6-14-27(21)35/h1-16,19H. The molecule has 0 saturated heterocycles. The van der Waals surface area contributed by atoms with Gasteiger partial charge in [-0.1, -0.05) is 72.8 Å². The average Bonchev–Trinajstić information content (AvgIpc) is 3.45. The Labute approximate surface area is 206 Å². The van der Waals surface area contributed by atoms with Gasteiger partial charge in [-0.05, 0) is 24.3 Å². The highest BCUT2D eigenvalue weighted by molar-refractivity contribution is 6.10. The lowest BCUT2D eigenvalue weighted by Crippen LogP contribution is -2.07. The van der Waals surface area contributed by atoms with E-state index in [2.05, 4.69) is 36.4 Å². The van der Waals surface area contributed by atoms with Crippen molar-refractivity contribution in [2.75, 3.05) is 0 Å². The van der Waals surface area contributed by atoms with Crippen LogP contribution in [0.4, 0.5) is 0 Å². The van der Waals surface area contributed by atoms with E-state index in [4.69, 9.17) is 4.98 Å². The lowest BCUT2D eigenvalue weighted by atomic mass is 10.1. The molecule has 7 aromatic rings. The van der Waals surface area contributed by atoms with Gasteiger partial charge in [-0.15, -0.1) is 0 Å². The lowest BCUT2D eigenvalue weighted by Gasteiger charge is -2.14. The summed E-state index contributed by atoms with van der Waals surface area (Å²) in [6.45, 7) is 0. The molecule has 0 spiro atoms. The first-order valence-corrected chi connectivity index (χ1v) is 11.6. The number of fused-ring (bicyclic) bond motifs is 6. The van der Waals surface area contributed by atoms with Crippen molar-refractivity contribution in [2.24, 2.45) is 0 Å². The monoisotopic (exact) mass is 459 g/mol. The molecule has 0 N–H and O–H groups in total. The van der Waals surface area contributed by atoms with Crippen LogP contribution in [0.15, 0.2) is 103 Å². The predicted octanol–water partition coefficient (Wildman–Crippen LogP) is 7.02. The summed E-state index contributed by atoms with van der Waals surface area (Å²) in [6, 6.07) is 37.0. The highest BCUT2D eigenvalue weighted by atomic mass is 15.1. The van der Waals surface area contributed by atoms with E-state index in [9.17, 15) is 10.5 Å². The zero-order valence-corrected chi connectivity index (χ0v) is 19.1. The topological polar surface area (TPSA) is 70.3 Å². The minimum Gasteiger partial charge on any atom is -0.306 e. The third kappa shape index (κ3) is 2.60. The Kier molecular flexibility index (Phi) is 4.21. The van der Waals surface area contributed by atoms with E-state index in [1.165, 1.54) is 0 Å². The maximum absolute atomic E-state index is 10.4. The van der Waals surface area contributed by atoms with Gasteiger partial charge in [0.1, 0.15) is 17.7 Å². The van der Waals surface area contributed by atoms with E-state index in [0.29, 0.717) is 17.1 Å². The second-order valence-electron chi connectivity index (χ2n) is 8.68. The van der Waals surface area contributed by atoms with Crippen molar-refractivity contribution in [3.8, 4) is 23.6 Å². The molecule has 5 nitrogen and oxygen atoms in total. The average molecular weight is 460 g/mol. The normalized spacial score (nSPS) is 11.3. The zero-order valence-electron chi connectivity index (χ0n) is 19.1. The molecule has 0 atom stereocenters. The zero-order chi connectivity index (χ0) is 24.2. The molecule has 3 aromatic heterocycles. The molecule has 0 aliphatic rings. The van der Waals surface area contributed by atoms with Crippen LogP contribution in [0, 0.1) is 22.7 Å². The van der Waals surface area contributed by atoms with Crippen molar-refractivity contribution in [1.29, 1.82) is 10.5 Å². The summed E-state index contributed by atoms with van der Waals surface area (Å²) >= 11 is 0. The molecule has 36 heavy (non-hydrogen) atoms. The number of aromatic nitrogens is 3. The fraction of sp³-hybridized carbons (Fsp3) is 0. The number of hydrogen-bond acceptors (Lipinski definition) is 3. The van der Waals surface area contributed by atoms with Crippen LogP contribution in [0.1, 0.15) is 11.1 Å². The first kappa shape index (κ1) is 20.0. The van der Waals surface area contributed by atoms with Gasteiger partial charge in [-0.25, -0.2) is 4.98 Å². The summed E-state index contributed by atoms with van der Waals surface area (Å²) in [5.41, 5.74) is 4.96. The highest BCUT2D eigenvalue weighted by Gasteiger charge is 2.23. The van der Waals surface area contributed by atoms with Crippen molar-refractivity contribution in [1.82, 2.24) is 14.1 Å². The van der Waals surface area contributed by atoms with Gasteiger partial charge in [0.05, 0.1) is 39.5 Å². The quantitative estimate of drug-likeness (QED) is 0.279. The van der Waals surface area contributed by atoms with Crippen LogP contribution in [0.5, 0.6) is 0 Å². The van der Waals surface area contributed by atoms with Crippen LogP contribution in [-0.2, 0) is 0 Å². The summed E-state index contributed by atoms with van der Waals surface area (Å²) in [5.74, 6) is 0.455. The van der Waals surface area contributed by atoms with Gasteiger partial charge < -0.3 is 4.57 Å². The molecule has 0 aliphatic carbocycles. The van der Waals surface area contributed by atoms with Gasteiger partial charge in [0, 0.05) is 21.5 Å². The molecule has 3 heterocycles. The van der Waals surface area contributed by atoms with Gasteiger partial charge in [0.25, 0.3) is 0 Å². The van der Waals surface area contributed by atoms with Crippen LogP contribution in [0.25, 0.3) is 55.1 Å². The molecule has 0 radical (unpaired) electrons. The third-order valence-electron chi connectivity index (χ3n) is 6.88. The van der Waals surface area contributed by atoms with E-state index in [0.717, 1.165) is 43.6 Å². The van der Waals surface area contributed by atoms with E-state index >= 15 is 0 Å². The Morgan fingerprint density at radius 2 is 0.889 bits per heavy atom. The van der Waals surface area contributed by atoms with Crippen LogP contribution >= 0.6 is 0 Å².